The van der Waals surface area contributed by atoms with Gasteiger partial charge in [-0.25, -0.2) is 15.4 Å². The van der Waals surface area contributed by atoms with Crippen molar-refractivity contribution in [3.8, 4) is 11.3 Å². The van der Waals surface area contributed by atoms with Gasteiger partial charge in [-0.15, -0.1) is 0 Å². The highest BCUT2D eigenvalue weighted by Crippen LogP contribution is 2.27. The zero-order valence-electron chi connectivity index (χ0n) is 16.6. The number of carbonyl (C=O) groups is 1. The van der Waals surface area contributed by atoms with Crippen LogP contribution in [0.15, 0.2) is 51.1 Å². The maximum Gasteiger partial charge on any atom is 0.273 e. The molecule has 0 saturated heterocycles. The molecule has 2 heterocycles. The van der Waals surface area contributed by atoms with Crippen molar-refractivity contribution in [1.82, 2.24) is 15.4 Å². The number of nitro benzene ring substituents is 1. The average molecular weight is 425 g/mol. The predicted octanol–water partition coefficient (Wildman–Crippen LogP) is 3.81. The molecule has 3 aromatic rings. The monoisotopic (exact) mass is 425 g/mol. The van der Waals surface area contributed by atoms with Gasteiger partial charge in [-0.05, 0) is 39.0 Å². The van der Waals surface area contributed by atoms with Gasteiger partial charge in [-0.3, -0.25) is 14.9 Å². The lowest BCUT2D eigenvalue weighted by Crippen LogP contribution is -2.19. The number of benzene rings is 1. The molecular formula is C20H19N5O4S. The van der Waals surface area contributed by atoms with Gasteiger partial charge >= 0.3 is 0 Å². The molecule has 0 radical (unpaired) electrons. The summed E-state index contributed by atoms with van der Waals surface area (Å²) in [5, 5.41) is 15.5. The lowest BCUT2D eigenvalue weighted by molar-refractivity contribution is -0.385. The van der Waals surface area contributed by atoms with E-state index in [1.165, 1.54) is 24.0 Å². The average Bonchev–Trinajstić information content (AvgIpc) is 3.14. The van der Waals surface area contributed by atoms with Crippen LogP contribution in [0.25, 0.3) is 11.3 Å². The standard InChI is InChI=1S/C20H19N5O4S/c1-12-4-5-15(9-17(12)25(27)28)18-7-6-16(29-18)10-21-24-19(26)11-30-20-22-13(2)8-14(3)23-20/h4-10H,11H2,1-3H3,(H,24,26)/b21-10-. The summed E-state index contributed by atoms with van der Waals surface area (Å²) in [6, 6.07) is 10.1. The van der Waals surface area contributed by atoms with Crippen molar-refractivity contribution in [2.24, 2.45) is 5.10 Å². The first-order chi connectivity index (χ1) is 14.3. The highest BCUT2D eigenvalue weighted by Gasteiger charge is 2.13. The number of furan rings is 1. The van der Waals surface area contributed by atoms with E-state index in [0.717, 1.165) is 11.4 Å². The normalized spacial score (nSPS) is 11.0. The minimum atomic E-state index is -0.430. The predicted molar refractivity (Wildman–Crippen MR) is 114 cm³/mol. The molecule has 2 aromatic heterocycles. The van der Waals surface area contributed by atoms with Gasteiger partial charge in [0.1, 0.15) is 11.5 Å². The molecule has 1 amide bonds. The number of rotatable bonds is 7. The van der Waals surface area contributed by atoms with Crippen LogP contribution in [0.5, 0.6) is 0 Å². The Kier molecular flexibility index (Phi) is 6.58. The Morgan fingerprint density at radius 2 is 1.93 bits per heavy atom. The minimum absolute atomic E-state index is 0.0247. The Balaban J connectivity index is 1.57. The molecular weight excluding hydrogens is 406 g/mol. The van der Waals surface area contributed by atoms with Crippen LogP contribution in [-0.2, 0) is 4.79 Å². The number of hydrazone groups is 1. The molecule has 1 N–H and O–H groups in total. The molecule has 1 aromatic carbocycles. The van der Waals surface area contributed by atoms with E-state index in [1.54, 1.807) is 31.2 Å². The maximum absolute atomic E-state index is 11.9. The third-order valence-corrected chi connectivity index (χ3v) is 4.84. The molecule has 0 bridgehead atoms. The van der Waals surface area contributed by atoms with Crippen molar-refractivity contribution in [3.63, 3.8) is 0 Å². The van der Waals surface area contributed by atoms with Crippen LogP contribution in [0.3, 0.4) is 0 Å². The van der Waals surface area contributed by atoms with Crippen molar-refractivity contribution < 1.29 is 14.1 Å². The Bertz CT molecular complexity index is 1110. The minimum Gasteiger partial charge on any atom is -0.455 e. The van der Waals surface area contributed by atoms with Gasteiger partial charge in [-0.1, -0.05) is 23.9 Å². The van der Waals surface area contributed by atoms with E-state index in [9.17, 15) is 14.9 Å². The molecule has 0 aliphatic rings. The first-order valence-electron chi connectivity index (χ1n) is 8.94. The Morgan fingerprint density at radius 1 is 1.20 bits per heavy atom. The van der Waals surface area contributed by atoms with E-state index in [1.807, 2.05) is 19.9 Å². The Morgan fingerprint density at radius 3 is 2.63 bits per heavy atom. The van der Waals surface area contributed by atoms with Crippen molar-refractivity contribution in [1.29, 1.82) is 0 Å². The molecule has 0 saturated carbocycles. The van der Waals surface area contributed by atoms with Crippen LogP contribution in [0.2, 0.25) is 0 Å². The third kappa shape index (κ3) is 5.51. The molecule has 0 fully saturated rings. The molecule has 0 atom stereocenters. The first kappa shape index (κ1) is 21.2. The van der Waals surface area contributed by atoms with E-state index >= 15 is 0 Å². The second-order valence-electron chi connectivity index (χ2n) is 6.48. The van der Waals surface area contributed by atoms with Gasteiger partial charge in [0.15, 0.2) is 5.16 Å². The maximum atomic E-state index is 11.9. The Hall–Kier alpha value is -3.53. The molecule has 0 spiro atoms. The van der Waals surface area contributed by atoms with Crippen molar-refractivity contribution >= 4 is 29.6 Å². The third-order valence-electron chi connectivity index (χ3n) is 3.99. The van der Waals surface area contributed by atoms with Gasteiger partial charge < -0.3 is 4.42 Å². The van der Waals surface area contributed by atoms with Crippen LogP contribution in [0, 0.1) is 30.9 Å². The van der Waals surface area contributed by atoms with Gasteiger partial charge in [0.25, 0.3) is 11.6 Å². The van der Waals surface area contributed by atoms with E-state index in [4.69, 9.17) is 4.42 Å². The van der Waals surface area contributed by atoms with E-state index in [-0.39, 0.29) is 17.3 Å². The molecule has 30 heavy (non-hydrogen) atoms. The summed E-state index contributed by atoms with van der Waals surface area (Å²) in [5.74, 6) is 0.684. The lowest BCUT2D eigenvalue weighted by atomic mass is 10.1. The van der Waals surface area contributed by atoms with E-state index in [0.29, 0.717) is 27.8 Å². The zero-order valence-corrected chi connectivity index (χ0v) is 17.4. The van der Waals surface area contributed by atoms with Crippen LogP contribution in [0.4, 0.5) is 5.69 Å². The van der Waals surface area contributed by atoms with Crippen LogP contribution in [0.1, 0.15) is 22.7 Å². The number of hydrogen-bond donors (Lipinski definition) is 1. The number of thioether (sulfide) groups is 1. The summed E-state index contributed by atoms with van der Waals surface area (Å²) in [4.78, 5) is 31.1. The largest absolute Gasteiger partial charge is 0.455 e. The number of carbonyl (C=O) groups excluding carboxylic acids is 1. The SMILES string of the molecule is Cc1cc(C)nc(SCC(=O)N/N=C\c2ccc(-c3ccc(C)c([N+](=O)[O-])c3)o2)n1. The van der Waals surface area contributed by atoms with Crippen LogP contribution < -0.4 is 5.43 Å². The zero-order chi connectivity index (χ0) is 21.7. The second kappa shape index (κ2) is 9.31. The van der Waals surface area contributed by atoms with E-state index < -0.39 is 4.92 Å². The molecule has 10 heteroatoms. The lowest BCUT2D eigenvalue weighted by Gasteiger charge is -2.02. The molecule has 0 aliphatic carbocycles. The number of hydrogen-bond acceptors (Lipinski definition) is 8. The summed E-state index contributed by atoms with van der Waals surface area (Å²) in [5.41, 5.74) is 5.28. The van der Waals surface area contributed by atoms with Crippen molar-refractivity contribution in [2.75, 3.05) is 5.75 Å². The molecule has 154 valence electrons. The van der Waals surface area contributed by atoms with Gasteiger partial charge in [0.05, 0.1) is 16.9 Å². The van der Waals surface area contributed by atoms with Gasteiger partial charge in [0, 0.05) is 28.6 Å². The molecule has 0 aliphatic heterocycles. The quantitative estimate of drug-likeness (QED) is 0.201. The second-order valence-corrected chi connectivity index (χ2v) is 7.42. The summed E-state index contributed by atoms with van der Waals surface area (Å²) >= 11 is 1.22. The summed E-state index contributed by atoms with van der Waals surface area (Å²) in [6.07, 6.45) is 1.36. The fraction of sp³-hybridized carbons (Fsp3) is 0.200. The smallest absolute Gasteiger partial charge is 0.273 e. The number of amides is 1. The molecule has 9 nitrogen and oxygen atoms in total. The van der Waals surface area contributed by atoms with Crippen LogP contribution >= 0.6 is 11.8 Å². The summed E-state index contributed by atoms with van der Waals surface area (Å²) in [6.45, 7) is 5.42. The number of nitrogens with one attached hydrogen (secondary N) is 1. The summed E-state index contributed by atoms with van der Waals surface area (Å²) < 4.78 is 5.63. The summed E-state index contributed by atoms with van der Waals surface area (Å²) in [7, 11) is 0. The number of aromatic nitrogens is 2. The van der Waals surface area contributed by atoms with Crippen molar-refractivity contribution in [3.05, 3.63) is 69.2 Å². The fourth-order valence-corrected chi connectivity index (χ4v) is 3.37. The highest BCUT2D eigenvalue weighted by atomic mass is 32.2. The fourth-order valence-electron chi connectivity index (χ4n) is 2.63. The van der Waals surface area contributed by atoms with E-state index in [2.05, 4.69) is 20.5 Å². The topological polar surface area (TPSA) is 124 Å². The Labute approximate surface area is 176 Å². The highest BCUT2D eigenvalue weighted by molar-refractivity contribution is 7.99. The number of nitrogens with zero attached hydrogens (tertiary/aromatic N) is 4. The van der Waals surface area contributed by atoms with Gasteiger partial charge in [0.2, 0.25) is 0 Å². The van der Waals surface area contributed by atoms with Gasteiger partial charge in [-0.2, -0.15) is 5.10 Å². The van der Waals surface area contributed by atoms with Crippen molar-refractivity contribution in [2.45, 2.75) is 25.9 Å². The molecule has 0 unspecified atom stereocenters. The molecule has 3 rings (SSSR count). The number of aryl methyl sites for hydroxylation is 3. The van der Waals surface area contributed by atoms with Crippen LogP contribution in [-0.4, -0.2) is 32.8 Å². The first-order valence-corrected chi connectivity index (χ1v) is 9.92. The number of nitro groups is 1.